The van der Waals surface area contributed by atoms with Gasteiger partial charge in [-0.05, 0) is 32.0 Å². The fourth-order valence-electron chi connectivity index (χ4n) is 2.14. The zero-order valence-corrected chi connectivity index (χ0v) is 13.9. The van der Waals surface area contributed by atoms with Crippen LogP contribution in [-0.4, -0.2) is 29.0 Å². The molecule has 128 valence electrons. The van der Waals surface area contributed by atoms with Gasteiger partial charge < -0.3 is 20.1 Å². The maximum atomic E-state index is 13.6. The second-order valence-corrected chi connectivity index (χ2v) is 5.46. The Kier molecular flexibility index (Phi) is 5.18. The lowest BCUT2D eigenvalue weighted by Gasteiger charge is -2.18. The van der Waals surface area contributed by atoms with Gasteiger partial charge in [-0.25, -0.2) is 9.18 Å². The fraction of sp³-hybridized carbons (Fsp3) is 0.312. The molecule has 3 amide bonds. The predicted molar refractivity (Wildman–Crippen MR) is 87.2 cm³/mol. The fourth-order valence-corrected chi connectivity index (χ4v) is 2.14. The molecular formula is C16H19FN4O3. The Labute approximate surface area is 138 Å². The first-order valence-corrected chi connectivity index (χ1v) is 7.29. The van der Waals surface area contributed by atoms with Gasteiger partial charge in [0, 0.05) is 25.2 Å². The van der Waals surface area contributed by atoms with Crippen LogP contribution in [0.25, 0.3) is 0 Å². The quantitative estimate of drug-likeness (QED) is 0.899. The van der Waals surface area contributed by atoms with Gasteiger partial charge in [0.25, 0.3) is 0 Å². The van der Waals surface area contributed by atoms with Gasteiger partial charge in [0.15, 0.2) is 0 Å². The highest BCUT2D eigenvalue weighted by Crippen LogP contribution is 2.20. The maximum Gasteiger partial charge on any atom is 0.321 e. The van der Waals surface area contributed by atoms with Crippen molar-refractivity contribution in [3.8, 4) is 0 Å². The van der Waals surface area contributed by atoms with Crippen LogP contribution in [0.3, 0.4) is 0 Å². The lowest BCUT2D eigenvalue weighted by molar-refractivity contribution is -0.114. The molecule has 2 rings (SSSR count). The second-order valence-electron chi connectivity index (χ2n) is 5.46. The minimum absolute atomic E-state index is 0.00803. The molecule has 0 aliphatic carbocycles. The molecule has 0 spiro atoms. The van der Waals surface area contributed by atoms with Crippen molar-refractivity contribution in [2.24, 2.45) is 0 Å². The van der Waals surface area contributed by atoms with E-state index in [2.05, 4.69) is 15.8 Å². The summed E-state index contributed by atoms with van der Waals surface area (Å²) in [5, 5.41) is 8.87. The SMILES string of the molecule is CC(=O)Nc1cc(NC(=O)N(C)Cc2c(C)noc2C)ccc1F. The molecule has 2 N–H and O–H groups in total. The minimum Gasteiger partial charge on any atom is -0.361 e. The third kappa shape index (κ3) is 4.09. The number of aryl methyl sites for hydroxylation is 2. The third-order valence-electron chi connectivity index (χ3n) is 3.45. The van der Waals surface area contributed by atoms with Crippen molar-refractivity contribution in [1.29, 1.82) is 0 Å². The number of hydrogen-bond acceptors (Lipinski definition) is 4. The van der Waals surface area contributed by atoms with Crippen LogP contribution < -0.4 is 10.6 Å². The lowest BCUT2D eigenvalue weighted by Crippen LogP contribution is -2.31. The third-order valence-corrected chi connectivity index (χ3v) is 3.45. The number of nitrogens with one attached hydrogen (secondary N) is 2. The molecule has 0 saturated carbocycles. The molecule has 0 atom stereocenters. The van der Waals surface area contributed by atoms with Crippen molar-refractivity contribution in [2.75, 3.05) is 17.7 Å². The summed E-state index contributed by atoms with van der Waals surface area (Å²) < 4.78 is 18.7. The number of carbonyl (C=O) groups is 2. The van der Waals surface area contributed by atoms with Gasteiger partial charge in [0.05, 0.1) is 17.9 Å². The highest BCUT2D eigenvalue weighted by Gasteiger charge is 2.16. The number of benzene rings is 1. The smallest absolute Gasteiger partial charge is 0.321 e. The first-order chi connectivity index (χ1) is 11.3. The number of rotatable bonds is 4. The molecule has 7 nitrogen and oxygen atoms in total. The van der Waals surface area contributed by atoms with E-state index in [-0.39, 0.29) is 11.7 Å². The summed E-state index contributed by atoms with van der Waals surface area (Å²) in [6.45, 7) is 5.19. The van der Waals surface area contributed by atoms with Crippen LogP contribution in [0, 0.1) is 19.7 Å². The molecule has 0 aliphatic rings. The van der Waals surface area contributed by atoms with Crippen LogP contribution in [0.15, 0.2) is 22.7 Å². The summed E-state index contributed by atoms with van der Waals surface area (Å²) in [5.41, 5.74) is 1.94. The van der Waals surface area contributed by atoms with Crippen LogP contribution in [0.2, 0.25) is 0 Å². The lowest BCUT2D eigenvalue weighted by atomic mass is 10.2. The molecular weight excluding hydrogens is 315 g/mol. The van der Waals surface area contributed by atoms with Crippen LogP contribution in [-0.2, 0) is 11.3 Å². The summed E-state index contributed by atoms with van der Waals surface area (Å²) in [4.78, 5) is 24.8. The van der Waals surface area contributed by atoms with E-state index in [0.717, 1.165) is 11.3 Å². The predicted octanol–water partition coefficient (Wildman–Crippen LogP) is 3.05. The van der Waals surface area contributed by atoms with Crippen molar-refractivity contribution in [3.63, 3.8) is 0 Å². The first kappa shape index (κ1) is 17.5. The average molecular weight is 334 g/mol. The van der Waals surface area contributed by atoms with E-state index in [9.17, 15) is 14.0 Å². The normalized spacial score (nSPS) is 10.4. The Balaban J connectivity index is 2.07. The molecule has 1 aromatic heterocycles. The van der Waals surface area contributed by atoms with E-state index in [4.69, 9.17) is 4.52 Å². The van der Waals surface area contributed by atoms with Gasteiger partial charge in [-0.2, -0.15) is 0 Å². The Morgan fingerprint density at radius 2 is 2.00 bits per heavy atom. The Bertz CT molecular complexity index is 753. The zero-order valence-electron chi connectivity index (χ0n) is 13.9. The monoisotopic (exact) mass is 334 g/mol. The number of amides is 3. The van der Waals surface area contributed by atoms with Gasteiger partial charge in [-0.1, -0.05) is 5.16 Å². The standard InChI is InChI=1S/C16H19FN4O3/c1-9-13(10(2)24-20-9)8-21(4)16(23)19-12-5-6-14(17)15(7-12)18-11(3)22/h5-7H,8H2,1-4H3,(H,18,22)(H,19,23). The van der Waals surface area contributed by atoms with Crippen molar-refractivity contribution in [1.82, 2.24) is 10.1 Å². The summed E-state index contributed by atoms with van der Waals surface area (Å²) in [6.07, 6.45) is 0. The van der Waals surface area contributed by atoms with Crippen molar-refractivity contribution in [3.05, 3.63) is 41.0 Å². The highest BCUT2D eigenvalue weighted by atomic mass is 19.1. The van der Waals surface area contributed by atoms with Crippen molar-refractivity contribution in [2.45, 2.75) is 27.3 Å². The Hall–Kier alpha value is -2.90. The van der Waals surface area contributed by atoms with Crippen molar-refractivity contribution >= 4 is 23.3 Å². The number of nitrogens with zero attached hydrogens (tertiary/aromatic N) is 2. The van der Waals surface area contributed by atoms with Gasteiger partial charge in [0.2, 0.25) is 5.91 Å². The zero-order chi connectivity index (χ0) is 17.9. The number of carbonyl (C=O) groups excluding carboxylic acids is 2. The molecule has 0 aliphatic heterocycles. The molecule has 24 heavy (non-hydrogen) atoms. The van der Waals surface area contributed by atoms with Gasteiger partial charge >= 0.3 is 6.03 Å². The molecule has 1 aromatic carbocycles. The van der Waals surface area contributed by atoms with E-state index in [1.54, 1.807) is 20.9 Å². The van der Waals surface area contributed by atoms with E-state index in [1.807, 2.05) is 0 Å². The largest absolute Gasteiger partial charge is 0.361 e. The molecule has 0 radical (unpaired) electrons. The number of halogens is 1. The Morgan fingerprint density at radius 3 is 2.58 bits per heavy atom. The maximum absolute atomic E-state index is 13.6. The van der Waals surface area contributed by atoms with Gasteiger partial charge in [-0.15, -0.1) is 0 Å². The summed E-state index contributed by atoms with van der Waals surface area (Å²) in [6, 6.07) is 3.57. The molecule has 0 fully saturated rings. The van der Waals surface area contributed by atoms with E-state index >= 15 is 0 Å². The number of anilines is 2. The van der Waals surface area contributed by atoms with Gasteiger partial charge in [-0.3, -0.25) is 4.79 Å². The highest BCUT2D eigenvalue weighted by molar-refractivity contribution is 5.92. The molecule has 0 saturated heterocycles. The van der Waals surface area contributed by atoms with Crippen LogP contribution in [0.1, 0.15) is 23.9 Å². The summed E-state index contributed by atoms with van der Waals surface area (Å²) >= 11 is 0. The molecule has 8 heteroatoms. The molecule has 0 unspecified atom stereocenters. The first-order valence-electron chi connectivity index (χ1n) is 7.29. The van der Waals surface area contributed by atoms with E-state index in [0.29, 0.717) is 18.0 Å². The Morgan fingerprint density at radius 1 is 1.29 bits per heavy atom. The van der Waals surface area contributed by atoms with Crippen LogP contribution >= 0.6 is 0 Å². The van der Waals surface area contributed by atoms with E-state index in [1.165, 1.54) is 30.0 Å². The molecule has 1 heterocycles. The number of hydrogen-bond donors (Lipinski definition) is 2. The molecule has 0 bridgehead atoms. The number of urea groups is 1. The number of aromatic nitrogens is 1. The van der Waals surface area contributed by atoms with Gasteiger partial charge in [0.1, 0.15) is 11.6 Å². The van der Waals surface area contributed by atoms with Crippen LogP contribution in [0.5, 0.6) is 0 Å². The van der Waals surface area contributed by atoms with Crippen LogP contribution in [0.4, 0.5) is 20.6 Å². The minimum atomic E-state index is -0.577. The molecule has 2 aromatic rings. The topological polar surface area (TPSA) is 87.5 Å². The summed E-state index contributed by atoms with van der Waals surface area (Å²) in [7, 11) is 1.62. The second kappa shape index (κ2) is 7.12. The van der Waals surface area contributed by atoms with E-state index < -0.39 is 11.7 Å². The van der Waals surface area contributed by atoms with Crippen molar-refractivity contribution < 1.29 is 18.5 Å². The average Bonchev–Trinajstić information content (AvgIpc) is 2.82. The summed E-state index contributed by atoms with van der Waals surface area (Å²) in [5.74, 6) is -0.318.